The second-order valence-corrected chi connectivity index (χ2v) is 8.37. The molecule has 0 radical (unpaired) electrons. The molecule has 1 atom stereocenters. The molecule has 1 unspecified atom stereocenters. The minimum absolute atomic E-state index is 0.00911. The fourth-order valence-electron chi connectivity index (χ4n) is 3.13. The van der Waals surface area contributed by atoms with Crippen molar-refractivity contribution in [1.29, 1.82) is 0 Å². The number of carbonyl (C=O) groups excluding carboxylic acids is 1. The fourth-order valence-corrected chi connectivity index (χ4v) is 4.75. The third-order valence-electron chi connectivity index (χ3n) is 4.54. The van der Waals surface area contributed by atoms with Crippen molar-refractivity contribution in [3.63, 3.8) is 0 Å². The Morgan fingerprint density at radius 3 is 2.50 bits per heavy atom. The highest BCUT2D eigenvalue weighted by molar-refractivity contribution is 7.88. The van der Waals surface area contributed by atoms with Crippen LogP contribution in [0.2, 0.25) is 0 Å². The van der Waals surface area contributed by atoms with E-state index in [-0.39, 0.29) is 17.8 Å². The summed E-state index contributed by atoms with van der Waals surface area (Å²) < 4.78 is 31.6. The van der Waals surface area contributed by atoms with Crippen LogP contribution < -0.4 is 5.32 Å². The Kier molecular flexibility index (Phi) is 5.53. The van der Waals surface area contributed by atoms with Gasteiger partial charge in [0.15, 0.2) is 0 Å². The van der Waals surface area contributed by atoms with Gasteiger partial charge in [-0.3, -0.25) is 4.79 Å². The molecule has 1 N–H and O–H groups in total. The molecule has 0 aliphatic carbocycles. The highest BCUT2D eigenvalue weighted by Crippen LogP contribution is 2.17. The van der Waals surface area contributed by atoms with Crippen LogP contribution in [0.5, 0.6) is 0 Å². The van der Waals surface area contributed by atoms with Gasteiger partial charge in [-0.1, -0.05) is 12.1 Å². The van der Waals surface area contributed by atoms with Crippen molar-refractivity contribution in [2.75, 3.05) is 26.2 Å². The molecule has 2 heterocycles. The maximum Gasteiger partial charge on any atom is 0.251 e. The summed E-state index contributed by atoms with van der Waals surface area (Å²) in [7, 11) is -3.25. The first kappa shape index (κ1) is 17.4. The molecule has 2 aliphatic rings. The van der Waals surface area contributed by atoms with Crippen LogP contribution in [-0.4, -0.2) is 51.0 Å². The molecule has 0 saturated carbocycles. The summed E-state index contributed by atoms with van der Waals surface area (Å²) in [5.74, 6) is -0.162. The van der Waals surface area contributed by atoms with Crippen LogP contribution >= 0.6 is 0 Å². The Labute approximate surface area is 143 Å². The van der Waals surface area contributed by atoms with E-state index in [1.54, 1.807) is 28.6 Å². The lowest BCUT2D eigenvalue weighted by atomic mass is 10.1. The van der Waals surface area contributed by atoms with Crippen molar-refractivity contribution in [3.8, 4) is 0 Å². The van der Waals surface area contributed by atoms with Crippen molar-refractivity contribution >= 4 is 15.9 Å². The molecule has 7 heteroatoms. The van der Waals surface area contributed by atoms with Gasteiger partial charge < -0.3 is 10.1 Å². The van der Waals surface area contributed by atoms with Crippen LogP contribution in [0.1, 0.15) is 41.6 Å². The predicted octanol–water partition coefficient (Wildman–Crippen LogP) is 1.52. The maximum absolute atomic E-state index is 12.3. The van der Waals surface area contributed by atoms with E-state index < -0.39 is 10.0 Å². The Hall–Kier alpha value is -1.44. The molecule has 2 fully saturated rings. The molecule has 1 aromatic rings. The molecule has 0 aromatic heterocycles. The van der Waals surface area contributed by atoms with E-state index in [4.69, 9.17) is 4.74 Å². The van der Waals surface area contributed by atoms with Gasteiger partial charge in [-0.25, -0.2) is 12.7 Å². The predicted molar refractivity (Wildman–Crippen MR) is 91.2 cm³/mol. The van der Waals surface area contributed by atoms with Gasteiger partial charge in [0, 0.05) is 31.8 Å². The minimum atomic E-state index is -3.25. The second-order valence-electron chi connectivity index (χ2n) is 6.40. The molecule has 132 valence electrons. The van der Waals surface area contributed by atoms with Gasteiger partial charge >= 0.3 is 0 Å². The Morgan fingerprint density at radius 2 is 1.88 bits per heavy atom. The van der Waals surface area contributed by atoms with Gasteiger partial charge in [-0.2, -0.15) is 0 Å². The van der Waals surface area contributed by atoms with Crippen LogP contribution in [0.15, 0.2) is 24.3 Å². The van der Waals surface area contributed by atoms with Gasteiger partial charge in [0.05, 0.1) is 11.9 Å². The summed E-state index contributed by atoms with van der Waals surface area (Å²) in [6.07, 6.45) is 4.00. The lowest BCUT2D eigenvalue weighted by molar-refractivity contribution is 0.0858. The first-order valence-corrected chi connectivity index (χ1v) is 10.1. The van der Waals surface area contributed by atoms with Gasteiger partial charge in [-0.15, -0.1) is 0 Å². The Bertz CT molecular complexity index is 660. The summed E-state index contributed by atoms with van der Waals surface area (Å²) in [5, 5.41) is 2.86. The molecule has 0 bridgehead atoms. The normalized spacial score (nSPS) is 21.9. The van der Waals surface area contributed by atoms with E-state index in [1.807, 2.05) is 0 Å². The largest absolute Gasteiger partial charge is 0.376 e. The Morgan fingerprint density at radius 1 is 1.17 bits per heavy atom. The number of benzene rings is 1. The number of hydrogen-bond donors (Lipinski definition) is 1. The molecular formula is C17H24N2O4S. The molecule has 2 aliphatic heterocycles. The monoisotopic (exact) mass is 352 g/mol. The van der Waals surface area contributed by atoms with Crippen LogP contribution in [-0.2, 0) is 20.5 Å². The van der Waals surface area contributed by atoms with E-state index in [9.17, 15) is 13.2 Å². The smallest absolute Gasteiger partial charge is 0.251 e. The molecule has 6 nitrogen and oxygen atoms in total. The number of hydrogen-bond acceptors (Lipinski definition) is 4. The summed E-state index contributed by atoms with van der Waals surface area (Å²) in [6, 6.07) is 6.79. The lowest BCUT2D eigenvalue weighted by Crippen LogP contribution is -2.31. The summed E-state index contributed by atoms with van der Waals surface area (Å²) in [6.45, 7) is 2.52. The molecular weight excluding hydrogens is 328 g/mol. The van der Waals surface area contributed by atoms with E-state index in [1.165, 1.54) is 0 Å². The van der Waals surface area contributed by atoms with Crippen molar-refractivity contribution in [1.82, 2.24) is 9.62 Å². The van der Waals surface area contributed by atoms with Crippen LogP contribution in [0, 0.1) is 0 Å². The average molecular weight is 352 g/mol. The number of carbonyl (C=O) groups is 1. The quantitative estimate of drug-likeness (QED) is 0.842. The Balaban J connectivity index is 1.55. The van der Waals surface area contributed by atoms with Gasteiger partial charge in [0.25, 0.3) is 5.91 Å². The number of ether oxygens (including phenoxy) is 1. The number of amides is 1. The third kappa shape index (κ3) is 4.34. The topological polar surface area (TPSA) is 75.7 Å². The fraction of sp³-hybridized carbons (Fsp3) is 0.588. The molecule has 1 amide bonds. The second kappa shape index (κ2) is 7.63. The molecule has 3 rings (SSSR count). The van der Waals surface area contributed by atoms with Gasteiger partial charge in [0.1, 0.15) is 0 Å². The SMILES string of the molecule is O=C(NCC1CCCO1)c1ccc(CS(=O)(=O)N2CCCC2)cc1. The maximum atomic E-state index is 12.3. The standard InChI is InChI=1S/C17H24N2O4S/c20-17(18-12-16-4-3-11-23-16)15-7-5-14(6-8-15)13-24(21,22)19-9-1-2-10-19/h5-8,16H,1-4,9-13H2,(H,18,20). The lowest BCUT2D eigenvalue weighted by Gasteiger charge is -2.15. The average Bonchev–Trinajstić information content (AvgIpc) is 3.26. The minimum Gasteiger partial charge on any atom is -0.376 e. The van der Waals surface area contributed by atoms with Crippen LogP contribution in [0.3, 0.4) is 0 Å². The first-order chi connectivity index (χ1) is 11.5. The van der Waals surface area contributed by atoms with Crippen LogP contribution in [0.4, 0.5) is 0 Å². The third-order valence-corrected chi connectivity index (χ3v) is 6.39. The molecule has 2 saturated heterocycles. The van der Waals surface area contributed by atoms with Crippen molar-refractivity contribution < 1.29 is 17.9 Å². The zero-order valence-corrected chi connectivity index (χ0v) is 14.6. The molecule has 1 aromatic carbocycles. The number of rotatable bonds is 6. The summed E-state index contributed by atoms with van der Waals surface area (Å²) in [5.41, 5.74) is 1.24. The van der Waals surface area contributed by atoms with Crippen molar-refractivity contribution in [3.05, 3.63) is 35.4 Å². The van der Waals surface area contributed by atoms with Gasteiger partial charge in [0.2, 0.25) is 10.0 Å². The summed E-state index contributed by atoms with van der Waals surface area (Å²) in [4.78, 5) is 12.1. The van der Waals surface area contributed by atoms with Crippen LogP contribution in [0.25, 0.3) is 0 Å². The number of sulfonamides is 1. The van der Waals surface area contributed by atoms with Crippen molar-refractivity contribution in [2.45, 2.75) is 37.5 Å². The van der Waals surface area contributed by atoms with Crippen molar-refractivity contribution in [2.24, 2.45) is 0 Å². The zero-order valence-electron chi connectivity index (χ0n) is 13.7. The number of nitrogens with zero attached hydrogens (tertiary/aromatic N) is 1. The van der Waals surface area contributed by atoms with E-state index in [0.29, 0.717) is 30.8 Å². The number of nitrogens with one attached hydrogen (secondary N) is 1. The van der Waals surface area contributed by atoms with E-state index in [0.717, 1.165) is 32.3 Å². The first-order valence-electron chi connectivity index (χ1n) is 8.51. The molecule has 24 heavy (non-hydrogen) atoms. The highest BCUT2D eigenvalue weighted by Gasteiger charge is 2.25. The highest BCUT2D eigenvalue weighted by atomic mass is 32.2. The summed E-state index contributed by atoms with van der Waals surface area (Å²) >= 11 is 0. The zero-order chi connectivity index (χ0) is 17.0. The molecule has 0 spiro atoms. The van der Waals surface area contributed by atoms with Gasteiger partial charge in [-0.05, 0) is 43.4 Å². The van der Waals surface area contributed by atoms with E-state index >= 15 is 0 Å². The van der Waals surface area contributed by atoms with E-state index in [2.05, 4.69) is 5.32 Å².